The Morgan fingerprint density at radius 2 is 1.97 bits per heavy atom. The van der Waals surface area contributed by atoms with Gasteiger partial charge in [0.15, 0.2) is 0 Å². The van der Waals surface area contributed by atoms with Crippen LogP contribution in [0.4, 0.5) is 37.8 Å². The number of halogens is 6. The van der Waals surface area contributed by atoms with Crippen molar-refractivity contribution in [2.24, 2.45) is 0 Å². The molecule has 0 saturated carbocycles. The van der Waals surface area contributed by atoms with Crippen LogP contribution >= 0.6 is 0 Å². The molecule has 0 aliphatic carbocycles. The van der Waals surface area contributed by atoms with E-state index in [1.165, 1.54) is 6.07 Å². The molecule has 194 valence electrons. The van der Waals surface area contributed by atoms with E-state index in [1.54, 1.807) is 21.6 Å². The van der Waals surface area contributed by atoms with Gasteiger partial charge in [-0.3, -0.25) is 9.48 Å². The quantitative estimate of drug-likeness (QED) is 0.462. The van der Waals surface area contributed by atoms with Crippen LogP contribution in [-0.4, -0.2) is 44.2 Å². The molecule has 1 aliphatic heterocycles. The monoisotopic (exact) mass is 518 g/mol. The standard InChI is InChI=1S/C21H21F6N7O2/c1-12(30-16-8-29-31-19(35)18(16)21(25,26)27)10-36-11-14-6-15-9-33(4-5-34(15)32-14)17-3-2-13(7-28-17)20(22,23)24/h2-3,6-8,12H,4-5,9-11H2,1H3,(H2,30,31,35)/t12-/m0/s1/i6D. The number of alkyl halides is 6. The molecule has 0 aromatic carbocycles. The van der Waals surface area contributed by atoms with Gasteiger partial charge in [0.25, 0.3) is 5.56 Å². The van der Waals surface area contributed by atoms with Gasteiger partial charge < -0.3 is 15.0 Å². The Bertz CT molecular complexity index is 1310. The number of pyridine rings is 1. The molecule has 3 aromatic heterocycles. The first kappa shape index (κ1) is 24.1. The molecule has 4 rings (SSSR count). The van der Waals surface area contributed by atoms with Gasteiger partial charge in [0, 0.05) is 18.8 Å². The van der Waals surface area contributed by atoms with Crippen molar-refractivity contribution in [3.8, 4) is 0 Å². The van der Waals surface area contributed by atoms with E-state index in [0.29, 0.717) is 30.3 Å². The van der Waals surface area contributed by atoms with Crippen LogP contribution < -0.4 is 15.8 Å². The van der Waals surface area contributed by atoms with E-state index in [1.807, 2.05) is 0 Å². The normalized spacial score (nSPS) is 15.4. The molecule has 0 bridgehead atoms. The summed E-state index contributed by atoms with van der Waals surface area (Å²) in [6.07, 6.45) is -7.74. The number of H-pyrrole nitrogens is 1. The van der Waals surface area contributed by atoms with Crippen molar-refractivity contribution in [2.75, 3.05) is 23.4 Å². The largest absolute Gasteiger partial charge is 0.423 e. The molecular formula is C21H21F6N7O2. The minimum Gasteiger partial charge on any atom is -0.378 e. The molecule has 9 nitrogen and oxygen atoms in total. The number of ether oxygens (including phenoxy) is 1. The second-order valence-electron chi connectivity index (χ2n) is 8.11. The van der Waals surface area contributed by atoms with Crippen molar-refractivity contribution in [3.05, 3.63) is 63.4 Å². The molecule has 15 heteroatoms. The number of aromatic nitrogens is 5. The van der Waals surface area contributed by atoms with Gasteiger partial charge in [-0.2, -0.15) is 36.5 Å². The Kier molecular flexibility index (Phi) is 6.55. The van der Waals surface area contributed by atoms with Crippen LogP contribution in [0.15, 0.2) is 35.4 Å². The molecule has 2 N–H and O–H groups in total. The van der Waals surface area contributed by atoms with Gasteiger partial charge >= 0.3 is 12.4 Å². The van der Waals surface area contributed by atoms with Crippen LogP contribution in [0, 0.1) is 0 Å². The summed E-state index contributed by atoms with van der Waals surface area (Å²) in [5, 5.41) is 12.1. The third-order valence-electron chi connectivity index (χ3n) is 5.31. The van der Waals surface area contributed by atoms with Gasteiger partial charge in [-0.25, -0.2) is 10.1 Å². The lowest BCUT2D eigenvalue weighted by molar-refractivity contribution is -0.138. The summed E-state index contributed by atoms with van der Waals surface area (Å²) in [5.41, 5.74) is -3.26. The van der Waals surface area contributed by atoms with Gasteiger partial charge in [0.2, 0.25) is 0 Å². The van der Waals surface area contributed by atoms with Crippen molar-refractivity contribution in [2.45, 2.75) is 45.0 Å². The first-order valence-corrected chi connectivity index (χ1v) is 10.7. The molecule has 1 atom stereocenters. The highest BCUT2D eigenvalue weighted by atomic mass is 19.4. The first-order valence-electron chi connectivity index (χ1n) is 11.2. The zero-order valence-corrected chi connectivity index (χ0v) is 18.7. The molecule has 3 aromatic rings. The van der Waals surface area contributed by atoms with Crippen molar-refractivity contribution >= 4 is 11.5 Å². The van der Waals surface area contributed by atoms with Crippen LogP contribution in [0.1, 0.15) is 30.8 Å². The van der Waals surface area contributed by atoms with E-state index in [9.17, 15) is 31.1 Å². The number of hydrogen-bond acceptors (Lipinski definition) is 7. The lowest BCUT2D eigenvalue weighted by atomic mass is 10.2. The van der Waals surface area contributed by atoms with E-state index in [0.717, 1.165) is 18.5 Å². The maximum atomic E-state index is 13.2. The third kappa shape index (κ3) is 5.78. The molecule has 0 amide bonds. The molecule has 0 radical (unpaired) electrons. The molecule has 0 unspecified atom stereocenters. The highest BCUT2D eigenvalue weighted by molar-refractivity contribution is 5.50. The minimum absolute atomic E-state index is 0.0622. The van der Waals surface area contributed by atoms with Gasteiger partial charge in [-0.05, 0) is 25.1 Å². The number of rotatable bonds is 7. The van der Waals surface area contributed by atoms with Gasteiger partial charge in [-0.15, -0.1) is 0 Å². The van der Waals surface area contributed by atoms with E-state index >= 15 is 0 Å². The first-order chi connectivity index (χ1) is 17.3. The molecule has 36 heavy (non-hydrogen) atoms. The van der Waals surface area contributed by atoms with E-state index in [2.05, 4.69) is 20.5 Å². The fourth-order valence-corrected chi connectivity index (χ4v) is 3.67. The smallest absolute Gasteiger partial charge is 0.378 e. The highest BCUT2D eigenvalue weighted by Gasteiger charge is 2.37. The van der Waals surface area contributed by atoms with Gasteiger partial charge in [0.1, 0.15) is 11.4 Å². The Balaban J connectivity index is 1.36. The Labute approximate surface area is 201 Å². The minimum atomic E-state index is -4.88. The lowest BCUT2D eigenvalue weighted by Crippen LogP contribution is -2.34. The molecule has 0 saturated heterocycles. The Hall–Kier alpha value is -3.62. The maximum Gasteiger partial charge on any atom is 0.423 e. The SMILES string of the molecule is [2H]c1c(COC[C@H](C)Nc2cn[nH]c(=O)c2C(F)(F)F)nn2c1CN(c1ccc(C(F)(F)F)cn1)CC2. The lowest BCUT2D eigenvalue weighted by Gasteiger charge is -2.28. The number of nitrogens with zero attached hydrogens (tertiary/aromatic N) is 5. The van der Waals surface area contributed by atoms with Crippen molar-refractivity contribution in [1.82, 2.24) is 25.0 Å². The highest BCUT2D eigenvalue weighted by Crippen LogP contribution is 2.32. The number of hydrogen-bond donors (Lipinski definition) is 2. The van der Waals surface area contributed by atoms with Crippen LogP contribution in [0.3, 0.4) is 0 Å². The summed E-state index contributed by atoms with van der Waals surface area (Å²) in [6, 6.07) is 1.67. The molecule has 4 heterocycles. The number of aromatic amines is 1. The molecule has 0 spiro atoms. The molecule has 0 fully saturated rings. The predicted octanol–water partition coefficient (Wildman–Crippen LogP) is 3.44. The topological polar surface area (TPSA) is 101 Å². The molecular weight excluding hydrogens is 496 g/mol. The van der Waals surface area contributed by atoms with Crippen molar-refractivity contribution < 1.29 is 32.5 Å². The summed E-state index contributed by atoms with van der Waals surface area (Å²) in [5.74, 6) is 0.338. The summed E-state index contributed by atoms with van der Waals surface area (Å²) in [6.45, 7) is 2.39. The summed E-state index contributed by atoms with van der Waals surface area (Å²) < 4.78 is 93.5. The average molecular weight is 518 g/mol. The van der Waals surface area contributed by atoms with E-state index in [4.69, 9.17) is 6.11 Å². The molecule has 1 aliphatic rings. The Morgan fingerprint density at radius 3 is 2.64 bits per heavy atom. The number of anilines is 2. The van der Waals surface area contributed by atoms with Crippen LogP contribution in [-0.2, 0) is 36.8 Å². The van der Waals surface area contributed by atoms with E-state index < -0.39 is 40.8 Å². The van der Waals surface area contributed by atoms with Crippen LogP contribution in [0.5, 0.6) is 0 Å². The van der Waals surface area contributed by atoms with Crippen LogP contribution in [0.25, 0.3) is 0 Å². The summed E-state index contributed by atoms with van der Waals surface area (Å²) in [7, 11) is 0. The second kappa shape index (κ2) is 9.79. The zero-order valence-electron chi connectivity index (χ0n) is 19.7. The number of fused-ring (bicyclic) bond motifs is 1. The van der Waals surface area contributed by atoms with E-state index in [-0.39, 0.29) is 25.8 Å². The zero-order chi connectivity index (χ0) is 27.0. The van der Waals surface area contributed by atoms with Gasteiger partial charge in [-0.1, -0.05) is 0 Å². The number of nitrogens with one attached hydrogen (secondary N) is 2. The third-order valence-corrected chi connectivity index (χ3v) is 5.31. The maximum absolute atomic E-state index is 13.2. The fraction of sp³-hybridized carbons (Fsp3) is 0.429. The second-order valence-corrected chi connectivity index (χ2v) is 8.11. The summed E-state index contributed by atoms with van der Waals surface area (Å²) in [4.78, 5) is 17.2. The van der Waals surface area contributed by atoms with Crippen molar-refractivity contribution in [1.29, 1.82) is 0 Å². The van der Waals surface area contributed by atoms with Crippen molar-refractivity contribution in [3.63, 3.8) is 0 Å². The van der Waals surface area contributed by atoms with Gasteiger partial charge in [0.05, 0.1) is 56.5 Å². The fourth-order valence-electron chi connectivity index (χ4n) is 3.67. The predicted molar refractivity (Wildman–Crippen MR) is 115 cm³/mol. The average Bonchev–Trinajstić information content (AvgIpc) is 3.12. The summed E-state index contributed by atoms with van der Waals surface area (Å²) >= 11 is 0. The Morgan fingerprint density at radius 1 is 1.19 bits per heavy atom. The van der Waals surface area contributed by atoms with Crippen LogP contribution in [0.2, 0.25) is 0 Å².